The summed E-state index contributed by atoms with van der Waals surface area (Å²) in [6, 6.07) is 8.00. The number of carboxylic acid groups (broad SMARTS) is 1. The molecule has 0 saturated heterocycles. The normalized spacial score (nSPS) is 18.9. The molecule has 2 N–H and O–H groups in total. The highest BCUT2D eigenvalue weighted by atomic mass is 35.5. The molecule has 1 aliphatic heterocycles. The maximum absolute atomic E-state index is 13.9. The largest absolute Gasteiger partial charge is 0.480 e. The molecule has 1 aromatic heterocycles. The third-order valence-electron chi connectivity index (χ3n) is 5.02. The fourth-order valence-electron chi connectivity index (χ4n) is 3.94. The number of nitrogens with zero attached hydrogens (tertiary/aromatic N) is 1. The number of carbonyl (C=O) groups excluding carboxylic acids is 1. The van der Waals surface area contributed by atoms with Gasteiger partial charge in [0.15, 0.2) is 0 Å². The molecule has 3 aromatic rings. The molecular weight excluding hydrogens is 390 g/mol. The van der Waals surface area contributed by atoms with Crippen molar-refractivity contribution < 1.29 is 23.5 Å². The van der Waals surface area contributed by atoms with Gasteiger partial charge in [-0.2, -0.15) is 0 Å². The van der Waals surface area contributed by atoms with Gasteiger partial charge in [-0.1, -0.05) is 18.2 Å². The van der Waals surface area contributed by atoms with E-state index < -0.39 is 41.5 Å². The lowest BCUT2D eigenvalue weighted by molar-refractivity contribution is -0.151. The molecule has 0 spiro atoms. The van der Waals surface area contributed by atoms with E-state index >= 15 is 0 Å². The summed E-state index contributed by atoms with van der Waals surface area (Å²) in [6.45, 7) is 0. The Balaban J connectivity index is 2.02. The number of halogens is 3. The van der Waals surface area contributed by atoms with Crippen molar-refractivity contribution in [1.82, 2.24) is 9.88 Å². The van der Waals surface area contributed by atoms with Gasteiger partial charge in [-0.3, -0.25) is 4.79 Å². The van der Waals surface area contributed by atoms with Crippen molar-refractivity contribution in [3.63, 3.8) is 0 Å². The summed E-state index contributed by atoms with van der Waals surface area (Å²) in [6.07, 6.45) is 0.0611. The Labute approximate surface area is 163 Å². The van der Waals surface area contributed by atoms with Crippen LogP contribution >= 0.6 is 11.6 Å². The summed E-state index contributed by atoms with van der Waals surface area (Å²) in [5.41, 5.74) is 2.12. The zero-order valence-electron chi connectivity index (χ0n) is 14.5. The molecule has 2 heterocycles. The van der Waals surface area contributed by atoms with Gasteiger partial charge in [0.1, 0.15) is 23.6 Å². The van der Waals surface area contributed by atoms with Gasteiger partial charge in [-0.15, -0.1) is 11.6 Å². The van der Waals surface area contributed by atoms with Crippen LogP contribution in [-0.4, -0.2) is 38.8 Å². The molecule has 0 radical (unpaired) electrons. The van der Waals surface area contributed by atoms with E-state index in [0.29, 0.717) is 11.3 Å². The first kappa shape index (κ1) is 18.4. The molecule has 0 aliphatic carbocycles. The fourth-order valence-corrected chi connectivity index (χ4v) is 4.08. The highest BCUT2D eigenvalue weighted by Gasteiger charge is 2.43. The molecule has 0 fully saturated rings. The second kappa shape index (κ2) is 6.91. The van der Waals surface area contributed by atoms with Gasteiger partial charge in [-0.05, 0) is 29.3 Å². The average molecular weight is 405 g/mol. The summed E-state index contributed by atoms with van der Waals surface area (Å²) in [5.74, 6) is -3.93. The van der Waals surface area contributed by atoms with Gasteiger partial charge in [0.05, 0.1) is 6.04 Å². The van der Waals surface area contributed by atoms with Crippen LogP contribution in [0.4, 0.5) is 8.78 Å². The summed E-state index contributed by atoms with van der Waals surface area (Å²) in [4.78, 5) is 28.9. The predicted molar refractivity (Wildman–Crippen MR) is 99.2 cm³/mol. The minimum absolute atomic E-state index is 0.0611. The number of amides is 1. The van der Waals surface area contributed by atoms with E-state index in [1.54, 1.807) is 0 Å². The Morgan fingerprint density at radius 1 is 1.18 bits per heavy atom. The Bertz CT molecular complexity index is 1080. The highest BCUT2D eigenvalue weighted by molar-refractivity contribution is 6.27. The lowest BCUT2D eigenvalue weighted by atomic mass is 9.88. The zero-order chi connectivity index (χ0) is 20.0. The third-order valence-corrected chi connectivity index (χ3v) is 5.25. The molecule has 2 aromatic carbocycles. The number of carbonyl (C=O) groups is 2. The quantitative estimate of drug-likeness (QED) is 0.655. The highest BCUT2D eigenvalue weighted by Crippen LogP contribution is 2.41. The SMILES string of the molecule is O=C(O)C1Cc2c([nH]c3ccccc23)C(c2cc(F)cc(F)c2)N1C(=O)CCl. The van der Waals surface area contributed by atoms with Gasteiger partial charge >= 0.3 is 5.97 Å². The summed E-state index contributed by atoms with van der Waals surface area (Å²) < 4.78 is 27.9. The summed E-state index contributed by atoms with van der Waals surface area (Å²) >= 11 is 5.73. The van der Waals surface area contributed by atoms with Crippen LogP contribution < -0.4 is 0 Å². The number of aliphatic carboxylic acids is 1. The van der Waals surface area contributed by atoms with Crippen LogP contribution in [0.3, 0.4) is 0 Å². The van der Waals surface area contributed by atoms with Crippen molar-refractivity contribution in [3.8, 4) is 0 Å². The van der Waals surface area contributed by atoms with Gasteiger partial charge in [0.25, 0.3) is 0 Å². The van der Waals surface area contributed by atoms with E-state index in [1.165, 1.54) is 0 Å². The van der Waals surface area contributed by atoms with E-state index in [2.05, 4.69) is 4.98 Å². The van der Waals surface area contributed by atoms with Crippen LogP contribution in [0, 0.1) is 11.6 Å². The Kier molecular flexibility index (Phi) is 4.55. The number of aromatic amines is 1. The second-order valence-corrected chi connectivity index (χ2v) is 6.93. The number of carboxylic acids is 1. The maximum Gasteiger partial charge on any atom is 0.326 e. The van der Waals surface area contributed by atoms with Gasteiger partial charge in [-0.25, -0.2) is 13.6 Å². The third kappa shape index (κ3) is 2.92. The average Bonchev–Trinajstić information content (AvgIpc) is 3.03. The van der Waals surface area contributed by atoms with E-state index in [4.69, 9.17) is 11.6 Å². The molecule has 8 heteroatoms. The summed E-state index contributed by atoms with van der Waals surface area (Å²) in [7, 11) is 0. The van der Waals surface area contributed by atoms with Gasteiger partial charge < -0.3 is 15.0 Å². The van der Waals surface area contributed by atoms with Crippen LogP contribution in [0.25, 0.3) is 10.9 Å². The number of rotatable bonds is 3. The molecule has 4 rings (SSSR count). The molecule has 0 bridgehead atoms. The predicted octanol–water partition coefficient (Wildman–Crippen LogP) is 3.61. The van der Waals surface area contributed by atoms with Crippen molar-refractivity contribution in [1.29, 1.82) is 0 Å². The molecular formula is C20H15ClF2N2O3. The number of alkyl halides is 1. The zero-order valence-corrected chi connectivity index (χ0v) is 15.2. The van der Waals surface area contributed by atoms with Crippen LogP contribution in [0.5, 0.6) is 0 Å². The Hall–Kier alpha value is -2.93. The second-order valence-electron chi connectivity index (χ2n) is 6.66. The number of aromatic nitrogens is 1. The minimum atomic E-state index is -1.21. The maximum atomic E-state index is 13.9. The molecule has 1 amide bonds. The topological polar surface area (TPSA) is 73.4 Å². The smallest absolute Gasteiger partial charge is 0.326 e. The monoisotopic (exact) mass is 404 g/mol. The lowest BCUT2D eigenvalue weighted by Gasteiger charge is -2.40. The van der Waals surface area contributed by atoms with Crippen LogP contribution in [0.15, 0.2) is 42.5 Å². The fraction of sp³-hybridized carbons (Fsp3) is 0.200. The number of hydrogen-bond donors (Lipinski definition) is 2. The van der Waals surface area contributed by atoms with Crippen molar-refractivity contribution in [2.24, 2.45) is 0 Å². The number of hydrogen-bond acceptors (Lipinski definition) is 2. The number of benzene rings is 2. The molecule has 2 atom stereocenters. The van der Waals surface area contributed by atoms with Crippen molar-refractivity contribution in [3.05, 3.63) is 70.9 Å². The lowest BCUT2D eigenvalue weighted by Crippen LogP contribution is -2.52. The number of fused-ring (bicyclic) bond motifs is 3. The molecule has 1 aliphatic rings. The number of para-hydroxylation sites is 1. The number of nitrogens with one attached hydrogen (secondary N) is 1. The van der Waals surface area contributed by atoms with Crippen molar-refractivity contribution in [2.75, 3.05) is 5.88 Å². The van der Waals surface area contributed by atoms with E-state index in [0.717, 1.165) is 34.0 Å². The molecule has 28 heavy (non-hydrogen) atoms. The molecule has 0 saturated carbocycles. The first-order valence-corrected chi connectivity index (χ1v) is 9.09. The van der Waals surface area contributed by atoms with E-state index in [9.17, 15) is 23.5 Å². The van der Waals surface area contributed by atoms with Crippen LogP contribution in [0.2, 0.25) is 0 Å². The van der Waals surface area contributed by atoms with Gasteiger partial charge in [0, 0.05) is 29.1 Å². The Morgan fingerprint density at radius 2 is 1.86 bits per heavy atom. The molecule has 144 valence electrons. The van der Waals surface area contributed by atoms with Crippen molar-refractivity contribution >= 4 is 34.4 Å². The minimum Gasteiger partial charge on any atom is -0.480 e. The first-order chi connectivity index (χ1) is 13.4. The Morgan fingerprint density at radius 3 is 2.50 bits per heavy atom. The van der Waals surface area contributed by atoms with Crippen LogP contribution in [0.1, 0.15) is 22.9 Å². The van der Waals surface area contributed by atoms with E-state index in [1.807, 2.05) is 24.3 Å². The first-order valence-electron chi connectivity index (χ1n) is 8.56. The molecule has 5 nitrogen and oxygen atoms in total. The van der Waals surface area contributed by atoms with E-state index in [-0.39, 0.29) is 12.0 Å². The summed E-state index contributed by atoms with van der Waals surface area (Å²) in [5, 5.41) is 10.6. The molecule has 2 unspecified atom stereocenters. The van der Waals surface area contributed by atoms with Gasteiger partial charge in [0.2, 0.25) is 5.91 Å². The standard InChI is InChI=1S/C20H15ClF2N2O3/c21-9-17(26)25-16(20(27)28)8-14-13-3-1-2-4-15(13)24-18(14)19(25)10-5-11(22)7-12(23)6-10/h1-7,16,19,24H,8-9H2,(H,27,28). The number of H-pyrrole nitrogens is 1. The van der Waals surface area contributed by atoms with Crippen molar-refractivity contribution in [2.45, 2.75) is 18.5 Å². The van der Waals surface area contributed by atoms with Crippen LogP contribution in [-0.2, 0) is 16.0 Å².